The summed E-state index contributed by atoms with van der Waals surface area (Å²) in [6.07, 6.45) is 11.5. The zero-order valence-electron chi connectivity index (χ0n) is 37.0. The maximum absolute atomic E-state index is 12.9. The number of aliphatic hydroxyl groups excluding tert-OH is 7. The summed E-state index contributed by atoms with van der Waals surface area (Å²) in [5, 5.41) is 71.8. The van der Waals surface area contributed by atoms with Crippen molar-refractivity contribution in [3.8, 4) is 0 Å². The van der Waals surface area contributed by atoms with Gasteiger partial charge in [-0.3, -0.25) is 9.59 Å². The molecule has 11 unspecified atom stereocenters. The van der Waals surface area contributed by atoms with Gasteiger partial charge in [0.15, 0.2) is 18.7 Å². The number of aliphatic hydroxyl groups is 7. The fourth-order valence-electron chi connectivity index (χ4n) is 7.63. The van der Waals surface area contributed by atoms with E-state index in [4.69, 9.17) is 28.4 Å². The van der Waals surface area contributed by atoms with Crippen LogP contribution >= 0.6 is 0 Å². The average Bonchev–Trinajstić information content (AvgIpc) is 3.24. The SMILES string of the molecule is CCCCCCCCCCCCCCCCCC(=O)OC(COC(=O)CCCCCCCCCCC)COC1OC(COC2OC(CO)C(O)C(O)C2O)C(O)C(O)C1O. The highest BCUT2D eigenvalue weighted by Crippen LogP contribution is 2.26. The van der Waals surface area contributed by atoms with Crippen molar-refractivity contribution in [1.29, 1.82) is 0 Å². The highest BCUT2D eigenvalue weighted by atomic mass is 16.7. The van der Waals surface area contributed by atoms with Crippen molar-refractivity contribution in [2.75, 3.05) is 26.4 Å². The van der Waals surface area contributed by atoms with Gasteiger partial charge in [0, 0.05) is 12.8 Å². The lowest BCUT2D eigenvalue weighted by Gasteiger charge is -2.42. The second kappa shape index (κ2) is 34.0. The summed E-state index contributed by atoms with van der Waals surface area (Å²) in [4.78, 5) is 25.6. The minimum absolute atomic E-state index is 0.173. The number of hydrogen-bond acceptors (Lipinski definition) is 15. The van der Waals surface area contributed by atoms with Gasteiger partial charge in [0.05, 0.1) is 19.8 Å². The topological polar surface area (TPSA) is 231 Å². The maximum atomic E-state index is 12.9. The summed E-state index contributed by atoms with van der Waals surface area (Å²) in [6, 6.07) is 0. The Morgan fingerprint density at radius 3 is 1.30 bits per heavy atom. The summed E-state index contributed by atoms with van der Waals surface area (Å²) in [5.74, 6) is -0.918. The first-order valence-corrected chi connectivity index (χ1v) is 23.6. The highest BCUT2D eigenvalue weighted by Gasteiger charge is 2.47. The van der Waals surface area contributed by atoms with E-state index >= 15 is 0 Å². The molecule has 2 rings (SSSR count). The third-order valence-corrected chi connectivity index (χ3v) is 11.6. The van der Waals surface area contributed by atoms with Gasteiger partial charge >= 0.3 is 11.9 Å². The molecule has 2 fully saturated rings. The standard InChI is InChI=1S/C45H84O15/c1-3-5-7-9-11-13-14-15-16-17-18-20-22-24-26-28-37(48)58-33(30-55-36(47)27-25-23-21-19-12-10-8-6-4-2)31-56-44-43(54)41(52)39(50)35(60-44)32-57-45-42(53)40(51)38(49)34(29-46)59-45/h33-35,38-46,49-54H,3-32H2,1-2H3. The Hall–Kier alpha value is -1.50. The second-order valence-electron chi connectivity index (χ2n) is 17.0. The van der Waals surface area contributed by atoms with E-state index in [0.29, 0.717) is 12.8 Å². The first-order valence-electron chi connectivity index (χ1n) is 23.6. The van der Waals surface area contributed by atoms with Crippen molar-refractivity contribution in [1.82, 2.24) is 0 Å². The molecule has 0 saturated carbocycles. The van der Waals surface area contributed by atoms with Crippen molar-refractivity contribution in [3.05, 3.63) is 0 Å². The normalized spacial score (nSPS) is 27.5. The molecule has 2 aliphatic heterocycles. The van der Waals surface area contributed by atoms with E-state index in [1.54, 1.807) is 0 Å². The molecule has 2 aliphatic rings. The van der Waals surface area contributed by atoms with E-state index in [2.05, 4.69) is 13.8 Å². The number of ether oxygens (including phenoxy) is 6. The molecule has 0 aromatic heterocycles. The van der Waals surface area contributed by atoms with Crippen LogP contribution in [0.3, 0.4) is 0 Å². The number of carbonyl (C=O) groups is 2. The minimum Gasteiger partial charge on any atom is -0.462 e. The molecule has 2 saturated heterocycles. The molecule has 7 N–H and O–H groups in total. The largest absolute Gasteiger partial charge is 0.462 e. The van der Waals surface area contributed by atoms with Crippen molar-refractivity contribution < 1.29 is 73.8 Å². The van der Waals surface area contributed by atoms with E-state index in [-0.39, 0.29) is 26.1 Å². The summed E-state index contributed by atoms with van der Waals surface area (Å²) < 4.78 is 33.4. The maximum Gasteiger partial charge on any atom is 0.306 e. The molecule has 0 spiro atoms. The molecule has 0 aromatic carbocycles. The molecule has 0 aromatic rings. The Kier molecular flexibility index (Phi) is 30.9. The number of rotatable bonds is 36. The zero-order valence-corrected chi connectivity index (χ0v) is 37.0. The Balaban J connectivity index is 1.83. The quantitative estimate of drug-likeness (QED) is 0.0315. The summed E-state index contributed by atoms with van der Waals surface area (Å²) in [7, 11) is 0. The van der Waals surface area contributed by atoms with Crippen LogP contribution in [0.15, 0.2) is 0 Å². The second-order valence-corrected chi connectivity index (χ2v) is 17.0. The van der Waals surface area contributed by atoms with Crippen LogP contribution in [0.4, 0.5) is 0 Å². The molecule has 0 bridgehead atoms. The van der Waals surface area contributed by atoms with E-state index in [1.807, 2.05) is 0 Å². The molecule has 0 radical (unpaired) electrons. The van der Waals surface area contributed by atoms with Crippen LogP contribution in [-0.2, 0) is 38.0 Å². The van der Waals surface area contributed by atoms with Gasteiger partial charge in [-0.05, 0) is 12.8 Å². The highest BCUT2D eigenvalue weighted by molar-refractivity contribution is 5.70. The predicted octanol–water partition coefficient (Wildman–Crippen LogP) is 5.26. The zero-order chi connectivity index (χ0) is 44.0. The van der Waals surface area contributed by atoms with Gasteiger partial charge in [0.25, 0.3) is 0 Å². The van der Waals surface area contributed by atoms with E-state index < -0.39 is 92.7 Å². The number of unbranched alkanes of at least 4 members (excludes halogenated alkanes) is 22. The summed E-state index contributed by atoms with van der Waals surface area (Å²) >= 11 is 0. The first kappa shape index (κ1) is 54.6. The molecule has 2 heterocycles. The van der Waals surface area contributed by atoms with Crippen molar-refractivity contribution in [3.63, 3.8) is 0 Å². The lowest BCUT2D eigenvalue weighted by molar-refractivity contribution is -0.332. The molecular weight excluding hydrogens is 780 g/mol. The minimum atomic E-state index is -1.76. The first-order chi connectivity index (χ1) is 29.0. The molecule has 15 heteroatoms. The van der Waals surface area contributed by atoms with Crippen molar-refractivity contribution in [2.24, 2.45) is 0 Å². The monoisotopic (exact) mass is 865 g/mol. The number of esters is 2. The van der Waals surface area contributed by atoms with Crippen LogP contribution in [0.25, 0.3) is 0 Å². The Morgan fingerprint density at radius 1 is 0.467 bits per heavy atom. The number of carbonyl (C=O) groups excluding carboxylic acids is 2. The van der Waals surface area contributed by atoms with E-state index in [9.17, 15) is 45.3 Å². The van der Waals surface area contributed by atoms with Crippen LogP contribution in [0.1, 0.15) is 181 Å². The van der Waals surface area contributed by atoms with Crippen LogP contribution in [0, 0.1) is 0 Å². The predicted molar refractivity (Wildman–Crippen MR) is 225 cm³/mol. The smallest absolute Gasteiger partial charge is 0.306 e. The molecule has 0 amide bonds. The van der Waals surface area contributed by atoms with Gasteiger partial charge in [-0.15, -0.1) is 0 Å². The third kappa shape index (κ3) is 22.7. The fourth-order valence-corrected chi connectivity index (χ4v) is 7.63. The fraction of sp³-hybridized carbons (Fsp3) is 0.956. The van der Waals surface area contributed by atoms with Crippen LogP contribution in [0.2, 0.25) is 0 Å². The van der Waals surface area contributed by atoms with Gasteiger partial charge < -0.3 is 64.2 Å². The van der Waals surface area contributed by atoms with Crippen molar-refractivity contribution in [2.45, 2.75) is 248 Å². The molecule has 60 heavy (non-hydrogen) atoms. The third-order valence-electron chi connectivity index (χ3n) is 11.6. The van der Waals surface area contributed by atoms with Crippen LogP contribution in [0.5, 0.6) is 0 Å². The van der Waals surface area contributed by atoms with Gasteiger partial charge in [0.1, 0.15) is 55.4 Å². The summed E-state index contributed by atoms with van der Waals surface area (Å²) in [5.41, 5.74) is 0. The van der Waals surface area contributed by atoms with Gasteiger partial charge in [-0.25, -0.2) is 0 Å². The summed E-state index contributed by atoms with van der Waals surface area (Å²) in [6.45, 7) is 2.57. The Morgan fingerprint density at radius 2 is 0.850 bits per heavy atom. The van der Waals surface area contributed by atoms with Gasteiger partial charge in [-0.2, -0.15) is 0 Å². The van der Waals surface area contributed by atoms with Gasteiger partial charge in [0.2, 0.25) is 0 Å². The van der Waals surface area contributed by atoms with Gasteiger partial charge in [-0.1, -0.05) is 155 Å². The van der Waals surface area contributed by atoms with E-state index in [1.165, 1.54) is 103 Å². The van der Waals surface area contributed by atoms with Crippen LogP contribution < -0.4 is 0 Å². The number of hydrogen-bond donors (Lipinski definition) is 7. The molecule has 0 aliphatic carbocycles. The Bertz CT molecular complexity index is 1070. The van der Waals surface area contributed by atoms with Crippen molar-refractivity contribution >= 4 is 11.9 Å². The van der Waals surface area contributed by atoms with Crippen LogP contribution in [-0.4, -0.2) is 142 Å². The lowest BCUT2D eigenvalue weighted by Crippen LogP contribution is -2.61. The van der Waals surface area contributed by atoms with E-state index in [0.717, 1.165) is 38.5 Å². The molecule has 354 valence electrons. The Labute approximate surface area is 359 Å². The average molecular weight is 865 g/mol. The lowest BCUT2D eigenvalue weighted by atomic mass is 9.98. The molecule has 11 atom stereocenters. The molecular formula is C45H84O15. The molecule has 15 nitrogen and oxygen atoms in total.